The summed E-state index contributed by atoms with van der Waals surface area (Å²) in [5, 5.41) is 1.46. The number of nitrogens with zero attached hydrogens (tertiary/aromatic N) is 4. The van der Waals surface area contributed by atoms with Crippen molar-refractivity contribution in [2.24, 2.45) is 0 Å². The molecular weight excluding hydrogens is 530 g/mol. The molecule has 0 unspecified atom stereocenters. The van der Waals surface area contributed by atoms with Crippen molar-refractivity contribution in [2.75, 3.05) is 45.3 Å². The van der Waals surface area contributed by atoms with Gasteiger partial charge in [0.05, 0.1) is 25.9 Å². The van der Waals surface area contributed by atoms with E-state index in [1.807, 2.05) is 0 Å². The third-order valence-electron chi connectivity index (χ3n) is 5.19. The summed E-state index contributed by atoms with van der Waals surface area (Å²) in [7, 11) is 2.64. The Morgan fingerprint density at radius 3 is 2.00 bits per heavy atom. The molecule has 1 fully saturated rings. The second-order valence-electron chi connectivity index (χ2n) is 7.86. The quantitative estimate of drug-likeness (QED) is 0.385. The van der Waals surface area contributed by atoms with Gasteiger partial charge < -0.3 is 24.2 Å². The summed E-state index contributed by atoms with van der Waals surface area (Å²) in [6, 6.07) is 1.37. The van der Waals surface area contributed by atoms with Crippen molar-refractivity contribution >= 4 is 29.0 Å². The van der Waals surface area contributed by atoms with Crippen molar-refractivity contribution in [3.8, 4) is 23.8 Å². The van der Waals surface area contributed by atoms with Crippen molar-refractivity contribution < 1.29 is 45.4 Å². The van der Waals surface area contributed by atoms with Crippen molar-refractivity contribution in [3.05, 3.63) is 34.3 Å². The lowest BCUT2D eigenvalue weighted by Crippen LogP contribution is -2.64. The Kier molecular flexibility index (Phi) is 8.11. The molecule has 3 amide bonds. The van der Waals surface area contributed by atoms with Gasteiger partial charge in [0.15, 0.2) is 5.01 Å². The van der Waals surface area contributed by atoms with Gasteiger partial charge in [0.1, 0.15) is 30.3 Å². The number of halogens is 6. The molecule has 2 heterocycles. The van der Waals surface area contributed by atoms with E-state index < -0.39 is 56.5 Å². The molecule has 0 atom stereocenters. The number of thiazole rings is 1. The molecule has 15 heteroatoms. The van der Waals surface area contributed by atoms with Crippen LogP contribution < -0.4 is 14.4 Å². The molecule has 2 aromatic rings. The van der Waals surface area contributed by atoms with Crippen LogP contribution in [0, 0.1) is 12.3 Å². The lowest BCUT2D eigenvalue weighted by molar-refractivity contribution is -0.153. The predicted octanol–water partition coefficient (Wildman–Crippen LogP) is 4.02. The van der Waals surface area contributed by atoms with Crippen LogP contribution in [0.4, 0.5) is 36.8 Å². The van der Waals surface area contributed by atoms with Crippen LogP contribution >= 0.6 is 11.3 Å². The first kappa shape index (κ1) is 27.9. The number of hydrogen-bond donors (Lipinski definition) is 0. The smallest absolute Gasteiger partial charge is 0.406 e. The SMILES string of the molecule is C#Cc1nc(C(=O)N(c2cc(OC)cc(OC)c2)C2CN(CC(F)(F)F)C(=O)N(CC(F)(F)F)C2)cs1. The third-order valence-corrected chi connectivity index (χ3v) is 5.96. The second kappa shape index (κ2) is 10.8. The van der Waals surface area contributed by atoms with E-state index in [4.69, 9.17) is 15.9 Å². The Bertz CT molecular complexity index is 1140. The number of benzene rings is 1. The summed E-state index contributed by atoms with van der Waals surface area (Å²) in [5.41, 5.74) is -0.142. The van der Waals surface area contributed by atoms with Crippen molar-refractivity contribution in [2.45, 2.75) is 18.4 Å². The molecule has 1 aliphatic heterocycles. The Morgan fingerprint density at radius 1 is 1.08 bits per heavy atom. The van der Waals surface area contributed by atoms with Gasteiger partial charge in [-0.05, 0) is 5.92 Å². The first-order valence-electron chi connectivity index (χ1n) is 10.4. The highest BCUT2D eigenvalue weighted by atomic mass is 32.1. The lowest BCUT2D eigenvalue weighted by Gasteiger charge is -2.44. The fourth-order valence-corrected chi connectivity index (χ4v) is 4.37. The fraction of sp³-hybridized carbons (Fsp3) is 0.409. The minimum atomic E-state index is -4.90. The number of carbonyl (C=O) groups is 2. The van der Waals surface area contributed by atoms with Crippen LogP contribution in [-0.4, -0.2) is 85.5 Å². The van der Waals surface area contributed by atoms with E-state index in [1.54, 1.807) is 0 Å². The maximum atomic E-state index is 13.6. The highest BCUT2D eigenvalue weighted by Crippen LogP contribution is 2.33. The normalized spacial score (nSPS) is 14.9. The maximum absolute atomic E-state index is 13.6. The van der Waals surface area contributed by atoms with Gasteiger partial charge in [-0.2, -0.15) is 26.3 Å². The van der Waals surface area contributed by atoms with Crippen LogP contribution in [-0.2, 0) is 0 Å². The van der Waals surface area contributed by atoms with E-state index in [2.05, 4.69) is 10.9 Å². The zero-order chi connectivity index (χ0) is 27.5. The standard InChI is InChI=1S/C22H20F6N4O4S/c1-4-18-29-17(10-37-18)19(33)32(13-5-15(35-2)7-16(6-13)36-3)14-8-30(11-21(23,24)25)20(34)31(9-14)12-22(26,27)28/h1,5-7,10,14H,8-9,11-12H2,2-3H3. The van der Waals surface area contributed by atoms with Gasteiger partial charge in [0.25, 0.3) is 5.91 Å². The molecule has 3 rings (SSSR count). The molecule has 200 valence electrons. The van der Waals surface area contributed by atoms with Crippen LogP contribution in [0.5, 0.6) is 11.5 Å². The average molecular weight is 550 g/mol. The monoisotopic (exact) mass is 550 g/mol. The number of ether oxygens (including phenoxy) is 2. The topological polar surface area (TPSA) is 75.2 Å². The van der Waals surface area contributed by atoms with E-state index in [9.17, 15) is 35.9 Å². The van der Waals surface area contributed by atoms with Gasteiger partial charge >= 0.3 is 18.4 Å². The van der Waals surface area contributed by atoms with E-state index in [0.29, 0.717) is 0 Å². The van der Waals surface area contributed by atoms with Gasteiger partial charge in [-0.3, -0.25) is 4.79 Å². The van der Waals surface area contributed by atoms with Crippen molar-refractivity contribution in [1.29, 1.82) is 0 Å². The van der Waals surface area contributed by atoms with Crippen LogP contribution in [0.2, 0.25) is 0 Å². The minimum absolute atomic E-state index is 0.0368. The largest absolute Gasteiger partial charge is 0.497 e. The summed E-state index contributed by atoms with van der Waals surface area (Å²) >= 11 is 0.953. The summed E-state index contributed by atoms with van der Waals surface area (Å²) in [5.74, 6) is 1.79. The number of methoxy groups -OCH3 is 2. The predicted molar refractivity (Wildman–Crippen MR) is 121 cm³/mol. The fourth-order valence-electron chi connectivity index (χ4n) is 3.77. The molecule has 1 aromatic heterocycles. The molecule has 0 spiro atoms. The third kappa shape index (κ3) is 6.97. The number of terminal acetylenes is 1. The van der Waals surface area contributed by atoms with Gasteiger partial charge in [-0.15, -0.1) is 17.8 Å². The van der Waals surface area contributed by atoms with E-state index >= 15 is 0 Å². The molecule has 1 aliphatic rings. The number of alkyl halides is 6. The zero-order valence-corrected chi connectivity index (χ0v) is 20.2. The average Bonchev–Trinajstić information content (AvgIpc) is 3.29. The lowest BCUT2D eigenvalue weighted by atomic mass is 10.1. The number of carbonyl (C=O) groups excluding carboxylic acids is 2. The van der Waals surface area contributed by atoms with Gasteiger partial charge in [0, 0.05) is 36.7 Å². The zero-order valence-electron chi connectivity index (χ0n) is 19.4. The van der Waals surface area contributed by atoms with Crippen molar-refractivity contribution in [3.63, 3.8) is 0 Å². The van der Waals surface area contributed by atoms with Crippen molar-refractivity contribution in [1.82, 2.24) is 14.8 Å². The van der Waals surface area contributed by atoms with Gasteiger partial charge in [-0.1, -0.05) is 0 Å². The molecule has 0 radical (unpaired) electrons. The Hall–Kier alpha value is -3.67. The molecule has 0 bridgehead atoms. The van der Waals surface area contributed by atoms with Crippen LogP contribution in [0.1, 0.15) is 15.5 Å². The Balaban J connectivity index is 2.13. The van der Waals surface area contributed by atoms with Crippen LogP contribution in [0.15, 0.2) is 23.6 Å². The molecule has 0 N–H and O–H groups in total. The second-order valence-corrected chi connectivity index (χ2v) is 8.71. The highest BCUT2D eigenvalue weighted by molar-refractivity contribution is 7.10. The first-order chi connectivity index (χ1) is 17.2. The summed E-state index contributed by atoms with van der Waals surface area (Å²) in [4.78, 5) is 31.6. The molecule has 0 aliphatic carbocycles. The Labute approximate surface area is 211 Å². The number of aromatic nitrogens is 1. The van der Waals surface area contributed by atoms with Gasteiger partial charge in [-0.25, -0.2) is 9.78 Å². The summed E-state index contributed by atoms with van der Waals surface area (Å²) in [6.45, 7) is -5.02. The number of rotatable bonds is 7. The highest BCUT2D eigenvalue weighted by Gasteiger charge is 2.45. The van der Waals surface area contributed by atoms with E-state index in [0.717, 1.165) is 16.2 Å². The summed E-state index contributed by atoms with van der Waals surface area (Å²) < 4.78 is 89.7. The van der Waals surface area contributed by atoms with Crippen LogP contribution in [0.25, 0.3) is 0 Å². The minimum Gasteiger partial charge on any atom is -0.497 e. The van der Waals surface area contributed by atoms with E-state index in [-0.39, 0.29) is 37.7 Å². The number of hydrogen-bond acceptors (Lipinski definition) is 6. The number of urea groups is 1. The molecule has 0 saturated carbocycles. The Morgan fingerprint density at radius 2 is 1.59 bits per heavy atom. The van der Waals surface area contributed by atoms with E-state index in [1.165, 1.54) is 37.8 Å². The molecule has 8 nitrogen and oxygen atoms in total. The van der Waals surface area contributed by atoms with Gasteiger partial charge in [0.2, 0.25) is 0 Å². The number of amides is 3. The summed E-state index contributed by atoms with van der Waals surface area (Å²) in [6.07, 6.45) is -4.48. The molecule has 37 heavy (non-hydrogen) atoms. The molecule has 1 saturated heterocycles. The molecular formula is C22H20F6N4O4S. The van der Waals surface area contributed by atoms with Crippen LogP contribution in [0.3, 0.4) is 0 Å². The first-order valence-corrected chi connectivity index (χ1v) is 11.3. The number of anilines is 1. The maximum Gasteiger partial charge on any atom is 0.406 e. The molecule has 1 aromatic carbocycles.